The zero-order chi connectivity index (χ0) is 9.68. The average molecular weight is 184 g/mol. The predicted molar refractivity (Wildman–Crippen MR) is 53.2 cm³/mol. The molecule has 3 nitrogen and oxygen atoms in total. The van der Waals surface area contributed by atoms with Crippen LogP contribution in [0, 0.1) is 5.92 Å². The van der Waals surface area contributed by atoms with Crippen molar-refractivity contribution in [3.63, 3.8) is 0 Å². The first-order valence-corrected chi connectivity index (χ1v) is 5.27. The third-order valence-corrected chi connectivity index (χ3v) is 2.79. The highest BCUT2D eigenvalue weighted by Crippen LogP contribution is 2.24. The Hall–Kier alpha value is -0.570. The zero-order valence-electron chi connectivity index (χ0n) is 8.38. The van der Waals surface area contributed by atoms with Crippen LogP contribution in [-0.2, 0) is 4.79 Å². The molecular weight excluding hydrogens is 164 g/mol. The molecule has 0 saturated heterocycles. The summed E-state index contributed by atoms with van der Waals surface area (Å²) in [6.07, 6.45) is 5.06. The largest absolute Gasteiger partial charge is 0.353 e. The molecule has 1 amide bonds. The fourth-order valence-electron chi connectivity index (χ4n) is 2.01. The van der Waals surface area contributed by atoms with E-state index >= 15 is 0 Å². The van der Waals surface area contributed by atoms with Gasteiger partial charge in [-0.05, 0) is 31.7 Å². The molecule has 0 spiro atoms. The van der Waals surface area contributed by atoms with E-state index in [0.717, 1.165) is 12.8 Å². The van der Waals surface area contributed by atoms with E-state index in [0.29, 0.717) is 24.9 Å². The quantitative estimate of drug-likeness (QED) is 0.685. The van der Waals surface area contributed by atoms with E-state index in [1.54, 1.807) is 0 Å². The van der Waals surface area contributed by atoms with Crippen LogP contribution in [0.15, 0.2) is 0 Å². The maximum atomic E-state index is 11.3. The van der Waals surface area contributed by atoms with Gasteiger partial charge in [-0.2, -0.15) is 0 Å². The van der Waals surface area contributed by atoms with E-state index in [4.69, 9.17) is 5.73 Å². The van der Waals surface area contributed by atoms with E-state index in [9.17, 15) is 4.79 Å². The highest BCUT2D eigenvalue weighted by atomic mass is 16.1. The summed E-state index contributed by atoms with van der Waals surface area (Å²) in [4.78, 5) is 11.3. The van der Waals surface area contributed by atoms with Crippen molar-refractivity contribution in [2.75, 3.05) is 6.54 Å². The topological polar surface area (TPSA) is 55.1 Å². The van der Waals surface area contributed by atoms with Gasteiger partial charge in [-0.15, -0.1) is 0 Å². The average Bonchev–Trinajstić information content (AvgIpc) is 2.52. The Balaban J connectivity index is 2.30. The first-order chi connectivity index (χ1) is 6.27. The molecule has 2 unspecified atom stereocenters. The summed E-state index contributed by atoms with van der Waals surface area (Å²) in [5.74, 6) is 0.702. The molecule has 13 heavy (non-hydrogen) atoms. The van der Waals surface area contributed by atoms with Crippen molar-refractivity contribution in [2.45, 2.75) is 45.1 Å². The summed E-state index contributed by atoms with van der Waals surface area (Å²) in [6.45, 7) is 2.73. The van der Waals surface area contributed by atoms with Crippen LogP contribution in [0.4, 0.5) is 0 Å². The van der Waals surface area contributed by atoms with Crippen LogP contribution in [0.1, 0.15) is 39.0 Å². The summed E-state index contributed by atoms with van der Waals surface area (Å²) < 4.78 is 0. The van der Waals surface area contributed by atoms with Crippen LogP contribution in [0.2, 0.25) is 0 Å². The first kappa shape index (κ1) is 10.5. The highest BCUT2D eigenvalue weighted by molar-refractivity contribution is 5.76. The number of rotatable bonds is 4. The van der Waals surface area contributed by atoms with Crippen molar-refractivity contribution in [3.8, 4) is 0 Å². The molecule has 2 atom stereocenters. The van der Waals surface area contributed by atoms with Crippen LogP contribution in [0.5, 0.6) is 0 Å². The molecule has 1 fully saturated rings. The number of nitrogens with one attached hydrogen (secondary N) is 1. The standard InChI is InChI=1S/C10H20N2O/c1-2-4-10(13)12-9-6-3-5-8(9)7-11/h8-9H,2-7,11H2,1H3,(H,12,13). The summed E-state index contributed by atoms with van der Waals surface area (Å²) in [7, 11) is 0. The maximum absolute atomic E-state index is 11.3. The second-order valence-corrected chi connectivity index (χ2v) is 3.85. The fraction of sp³-hybridized carbons (Fsp3) is 0.900. The van der Waals surface area contributed by atoms with Crippen LogP contribution in [0.3, 0.4) is 0 Å². The normalized spacial score (nSPS) is 27.5. The fourth-order valence-corrected chi connectivity index (χ4v) is 2.01. The Bertz CT molecular complexity index is 170. The van der Waals surface area contributed by atoms with Gasteiger partial charge in [0.25, 0.3) is 0 Å². The lowest BCUT2D eigenvalue weighted by Gasteiger charge is -2.19. The van der Waals surface area contributed by atoms with Crippen molar-refractivity contribution in [1.29, 1.82) is 0 Å². The molecule has 1 aliphatic rings. The van der Waals surface area contributed by atoms with Gasteiger partial charge in [-0.3, -0.25) is 4.79 Å². The van der Waals surface area contributed by atoms with Crippen molar-refractivity contribution in [1.82, 2.24) is 5.32 Å². The Morgan fingerprint density at radius 2 is 2.31 bits per heavy atom. The molecule has 0 aliphatic heterocycles. The van der Waals surface area contributed by atoms with E-state index in [-0.39, 0.29) is 5.91 Å². The van der Waals surface area contributed by atoms with Crippen LogP contribution < -0.4 is 11.1 Å². The highest BCUT2D eigenvalue weighted by Gasteiger charge is 2.26. The Kier molecular flexibility index (Phi) is 4.22. The van der Waals surface area contributed by atoms with Gasteiger partial charge in [0.15, 0.2) is 0 Å². The minimum Gasteiger partial charge on any atom is -0.353 e. The molecule has 1 rings (SSSR count). The molecule has 0 bridgehead atoms. The zero-order valence-corrected chi connectivity index (χ0v) is 8.38. The van der Waals surface area contributed by atoms with E-state index in [1.807, 2.05) is 6.92 Å². The number of nitrogens with two attached hydrogens (primary N) is 1. The number of hydrogen-bond donors (Lipinski definition) is 2. The van der Waals surface area contributed by atoms with Crippen molar-refractivity contribution in [3.05, 3.63) is 0 Å². The molecule has 0 heterocycles. The second kappa shape index (κ2) is 5.22. The van der Waals surface area contributed by atoms with Gasteiger partial charge in [0.2, 0.25) is 5.91 Å². The molecular formula is C10H20N2O. The van der Waals surface area contributed by atoms with Gasteiger partial charge in [0, 0.05) is 12.5 Å². The monoisotopic (exact) mass is 184 g/mol. The van der Waals surface area contributed by atoms with Gasteiger partial charge in [0.1, 0.15) is 0 Å². The van der Waals surface area contributed by atoms with E-state index in [2.05, 4.69) is 5.32 Å². The van der Waals surface area contributed by atoms with E-state index in [1.165, 1.54) is 12.8 Å². The van der Waals surface area contributed by atoms with Crippen molar-refractivity contribution < 1.29 is 4.79 Å². The molecule has 0 aromatic heterocycles. The van der Waals surface area contributed by atoms with Crippen LogP contribution in [-0.4, -0.2) is 18.5 Å². The molecule has 0 radical (unpaired) electrons. The minimum absolute atomic E-state index is 0.188. The molecule has 1 aliphatic carbocycles. The van der Waals surface area contributed by atoms with Gasteiger partial charge in [0.05, 0.1) is 0 Å². The van der Waals surface area contributed by atoms with Gasteiger partial charge in [-0.25, -0.2) is 0 Å². The summed E-state index contributed by atoms with van der Waals surface area (Å²) in [5.41, 5.74) is 5.62. The third kappa shape index (κ3) is 2.99. The third-order valence-electron chi connectivity index (χ3n) is 2.79. The molecule has 1 saturated carbocycles. The Morgan fingerprint density at radius 3 is 2.92 bits per heavy atom. The Morgan fingerprint density at radius 1 is 1.54 bits per heavy atom. The lowest BCUT2D eigenvalue weighted by molar-refractivity contribution is -0.122. The van der Waals surface area contributed by atoms with Crippen molar-refractivity contribution >= 4 is 5.91 Å². The van der Waals surface area contributed by atoms with Crippen LogP contribution in [0.25, 0.3) is 0 Å². The lowest BCUT2D eigenvalue weighted by Crippen LogP contribution is -2.39. The van der Waals surface area contributed by atoms with Gasteiger partial charge in [-0.1, -0.05) is 13.3 Å². The van der Waals surface area contributed by atoms with Gasteiger partial charge >= 0.3 is 0 Å². The first-order valence-electron chi connectivity index (χ1n) is 5.27. The number of amides is 1. The summed E-state index contributed by atoms with van der Waals surface area (Å²) in [5, 5.41) is 3.06. The maximum Gasteiger partial charge on any atom is 0.220 e. The number of carbonyl (C=O) groups excluding carboxylic acids is 1. The predicted octanol–water partition coefficient (Wildman–Crippen LogP) is 1.03. The van der Waals surface area contributed by atoms with Crippen LogP contribution >= 0.6 is 0 Å². The SMILES string of the molecule is CCCC(=O)NC1CCCC1CN. The molecule has 3 heteroatoms. The molecule has 3 N–H and O–H groups in total. The van der Waals surface area contributed by atoms with Crippen molar-refractivity contribution in [2.24, 2.45) is 11.7 Å². The lowest BCUT2D eigenvalue weighted by atomic mass is 10.0. The molecule has 76 valence electrons. The summed E-state index contributed by atoms with van der Waals surface area (Å²) in [6, 6.07) is 0.351. The number of carbonyl (C=O) groups is 1. The number of hydrogen-bond acceptors (Lipinski definition) is 2. The molecule has 0 aromatic rings. The van der Waals surface area contributed by atoms with E-state index < -0.39 is 0 Å². The smallest absolute Gasteiger partial charge is 0.220 e. The van der Waals surface area contributed by atoms with Gasteiger partial charge < -0.3 is 11.1 Å². The second-order valence-electron chi connectivity index (χ2n) is 3.85. The summed E-state index contributed by atoms with van der Waals surface area (Å²) >= 11 is 0. The minimum atomic E-state index is 0.188. The molecule has 0 aromatic carbocycles. The Labute approximate surface area is 80.1 Å².